The lowest BCUT2D eigenvalue weighted by Crippen LogP contribution is -2.51. The van der Waals surface area contributed by atoms with Crippen molar-refractivity contribution >= 4 is 44.5 Å². The van der Waals surface area contributed by atoms with Gasteiger partial charge in [0.15, 0.2) is 22.7 Å². The first-order valence-electron chi connectivity index (χ1n) is 9.87. The topological polar surface area (TPSA) is 80.3 Å². The molecule has 11 heteroatoms. The van der Waals surface area contributed by atoms with Crippen molar-refractivity contribution in [2.45, 2.75) is 71.6 Å². The number of hydrogen-bond donors (Lipinski definition) is 0. The first kappa shape index (κ1) is 28.4. The molecule has 0 spiro atoms. The van der Waals surface area contributed by atoms with Gasteiger partial charge in [0.2, 0.25) is 0 Å². The van der Waals surface area contributed by atoms with E-state index in [9.17, 15) is 9.59 Å². The SMILES string of the molecule is C=CCOCC(COC(=O)[Si](C)(C)O[Si](C)(C)C)OC(=O)[Si](C)(C)O[Si](C)(C)C. The predicted octanol–water partition coefficient (Wildman–Crippen LogP) is 5.11. The molecule has 0 rings (SSSR count). The van der Waals surface area contributed by atoms with Crippen molar-refractivity contribution in [1.29, 1.82) is 0 Å². The number of rotatable bonds is 13. The van der Waals surface area contributed by atoms with Crippen molar-refractivity contribution < 1.29 is 32.0 Å². The Bertz CT molecular complexity index is 566. The Kier molecular flexibility index (Phi) is 10.9. The van der Waals surface area contributed by atoms with E-state index in [0.29, 0.717) is 6.61 Å². The van der Waals surface area contributed by atoms with Gasteiger partial charge in [0.05, 0.1) is 13.2 Å². The van der Waals surface area contributed by atoms with Gasteiger partial charge in [-0.2, -0.15) is 0 Å². The molecule has 1 atom stereocenters. The summed E-state index contributed by atoms with van der Waals surface area (Å²) in [5, 5.41) is 0. The van der Waals surface area contributed by atoms with Crippen LogP contribution in [0.3, 0.4) is 0 Å². The van der Waals surface area contributed by atoms with E-state index in [-0.39, 0.29) is 24.4 Å². The van der Waals surface area contributed by atoms with Crippen LogP contribution in [0.2, 0.25) is 65.5 Å². The molecule has 29 heavy (non-hydrogen) atoms. The van der Waals surface area contributed by atoms with Crippen LogP contribution in [-0.4, -0.2) is 70.4 Å². The quantitative estimate of drug-likeness (QED) is 0.206. The second-order valence-corrected chi connectivity index (χ2v) is 26.8. The molecule has 0 saturated heterocycles. The maximum Gasteiger partial charge on any atom is 0.303 e. The molecular weight excluding hydrogens is 441 g/mol. The van der Waals surface area contributed by atoms with Crippen LogP contribution >= 0.6 is 0 Å². The normalized spacial score (nSPS) is 14.3. The van der Waals surface area contributed by atoms with E-state index in [1.54, 1.807) is 6.08 Å². The van der Waals surface area contributed by atoms with Gasteiger partial charge in [-0.15, -0.1) is 6.58 Å². The van der Waals surface area contributed by atoms with Crippen LogP contribution in [0.4, 0.5) is 9.59 Å². The molecule has 170 valence electrons. The molecule has 0 aliphatic carbocycles. The van der Waals surface area contributed by atoms with Crippen molar-refractivity contribution in [3.63, 3.8) is 0 Å². The zero-order chi connectivity index (χ0) is 23.1. The van der Waals surface area contributed by atoms with E-state index in [0.717, 1.165) is 0 Å². The Morgan fingerprint density at radius 3 is 1.66 bits per heavy atom. The molecule has 0 heterocycles. The van der Waals surface area contributed by atoms with Gasteiger partial charge < -0.3 is 22.4 Å². The molecule has 0 aliphatic heterocycles. The van der Waals surface area contributed by atoms with E-state index in [2.05, 4.69) is 6.58 Å². The summed E-state index contributed by atoms with van der Waals surface area (Å²) in [5.74, 6) is 0. The third-order valence-electron chi connectivity index (χ3n) is 3.32. The largest absolute Gasteiger partial charge is 0.464 e. The van der Waals surface area contributed by atoms with E-state index in [4.69, 9.17) is 22.4 Å². The maximum atomic E-state index is 12.7. The second kappa shape index (κ2) is 11.2. The summed E-state index contributed by atoms with van der Waals surface area (Å²) in [6.07, 6.45) is 0.899. The van der Waals surface area contributed by atoms with E-state index < -0.39 is 39.4 Å². The highest BCUT2D eigenvalue weighted by molar-refractivity contribution is 7.03. The lowest BCUT2D eigenvalue weighted by molar-refractivity contribution is 0.00431. The standard InChI is InChI=1S/C18H40O7Si4/c1-12-13-21-14-16(23-18(20)29(10,11)25-27(5,6)7)15-22-17(19)28(8,9)24-26(2,3)4/h12,16H,1,13-15H2,2-11H3. The predicted molar refractivity (Wildman–Crippen MR) is 126 cm³/mol. The molecule has 0 aromatic heterocycles. The lowest BCUT2D eigenvalue weighted by atomic mass is 10.4. The molecule has 0 saturated carbocycles. The number of carbonyl (C=O) groups is 2. The first-order valence-corrected chi connectivity index (χ1v) is 22.5. The van der Waals surface area contributed by atoms with Crippen LogP contribution in [0.15, 0.2) is 12.7 Å². The summed E-state index contributed by atoms with van der Waals surface area (Å²) >= 11 is 0. The van der Waals surface area contributed by atoms with Crippen LogP contribution in [-0.2, 0) is 22.4 Å². The summed E-state index contributed by atoms with van der Waals surface area (Å²) in [5.41, 5.74) is -0.738. The minimum atomic E-state index is -2.70. The summed E-state index contributed by atoms with van der Waals surface area (Å²) in [4.78, 5) is 25.3. The molecule has 7 nitrogen and oxygen atoms in total. The van der Waals surface area contributed by atoms with Gasteiger partial charge in [0.25, 0.3) is 0 Å². The summed E-state index contributed by atoms with van der Waals surface area (Å²) in [6.45, 7) is 23.4. The Morgan fingerprint density at radius 1 is 0.793 bits per heavy atom. The number of ether oxygens (including phenoxy) is 3. The molecule has 0 fully saturated rings. The van der Waals surface area contributed by atoms with Crippen LogP contribution in [0.5, 0.6) is 0 Å². The maximum absolute atomic E-state index is 12.7. The number of carbonyl (C=O) groups excluding carboxylic acids is 2. The second-order valence-electron chi connectivity index (χ2n) is 9.90. The van der Waals surface area contributed by atoms with Gasteiger partial charge in [0, 0.05) is 0 Å². The molecule has 0 N–H and O–H groups in total. The van der Waals surface area contributed by atoms with E-state index >= 15 is 0 Å². The first-order chi connectivity index (χ1) is 12.9. The highest BCUT2D eigenvalue weighted by Gasteiger charge is 2.42. The average Bonchev–Trinajstić information content (AvgIpc) is 2.47. The monoisotopic (exact) mass is 480 g/mol. The fraction of sp³-hybridized carbons (Fsp3) is 0.778. The van der Waals surface area contributed by atoms with Gasteiger partial charge >= 0.3 is 27.8 Å². The van der Waals surface area contributed by atoms with E-state index in [1.807, 2.05) is 65.5 Å². The van der Waals surface area contributed by atoms with Crippen LogP contribution in [0, 0.1) is 0 Å². The smallest absolute Gasteiger partial charge is 0.303 e. The van der Waals surface area contributed by atoms with Gasteiger partial charge in [0.1, 0.15) is 6.61 Å². The Balaban J connectivity index is 5.08. The summed E-state index contributed by atoms with van der Waals surface area (Å²) in [7, 11) is -9.14. The van der Waals surface area contributed by atoms with Gasteiger partial charge in [-0.25, -0.2) is 0 Å². The molecule has 0 aromatic carbocycles. The average molecular weight is 481 g/mol. The fourth-order valence-corrected chi connectivity index (χ4v) is 16.4. The van der Waals surface area contributed by atoms with Gasteiger partial charge in [-0.1, -0.05) is 6.08 Å². The highest BCUT2D eigenvalue weighted by Crippen LogP contribution is 2.19. The molecule has 1 unspecified atom stereocenters. The van der Waals surface area contributed by atoms with Crippen molar-refractivity contribution in [1.82, 2.24) is 0 Å². The highest BCUT2D eigenvalue weighted by atomic mass is 28.4. The Labute approximate surface area is 180 Å². The van der Waals surface area contributed by atoms with Crippen LogP contribution < -0.4 is 0 Å². The Morgan fingerprint density at radius 2 is 1.24 bits per heavy atom. The van der Waals surface area contributed by atoms with Crippen LogP contribution in [0.25, 0.3) is 0 Å². The van der Waals surface area contributed by atoms with Gasteiger partial charge in [-0.3, -0.25) is 9.59 Å². The van der Waals surface area contributed by atoms with E-state index in [1.165, 1.54) is 0 Å². The molecule has 0 bridgehead atoms. The number of hydrogen-bond acceptors (Lipinski definition) is 7. The summed E-state index contributed by atoms with van der Waals surface area (Å²) < 4.78 is 28.7. The summed E-state index contributed by atoms with van der Waals surface area (Å²) in [6, 6.07) is 0. The molecule has 0 aromatic rings. The van der Waals surface area contributed by atoms with Crippen molar-refractivity contribution in [3.8, 4) is 0 Å². The minimum absolute atomic E-state index is 0.0787. The third-order valence-corrected chi connectivity index (χ3v) is 14.5. The minimum Gasteiger partial charge on any atom is -0.464 e. The third kappa shape index (κ3) is 12.7. The zero-order valence-electron chi connectivity index (χ0n) is 19.8. The lowest BCUT2D eigenvalue weighted by Gasteiger charge is -2.31. The van der Waals surface area contributed by atoms with Crippen molar-refractivity contribution in [2.75, 3.05) is 19.8 Å². The molecule has 0 aliphatic rings. The molecule has 0 amide bonds. The van der Waals surface area contributed by atoms with Crippen molar-refractivity contribution in [3.05, 3.63) is 12.7 Å². The fourth-order valence-electron chi connectivity index (χ4n) is 2.65. The zero-order valence-corrected chi connectivity index (χ0v) is 23.8. The Hall–Kier alpha value is -0.572. The van der Waals surface area contributed by atoms with Gasteiger partial charge in [-0.05, 0) is 65.5 Å². The van der Waals surface area contributed by atoms with Crippen molar-refractivity contribution in [2.24, 2.45) is 0 Å². The molecular formula is C18H40O7Si4. The molecule has 0 radical (unpaired) electrons. The van der Waals surface area contributed by atoms with Crippen LogP contribution in [0.1, 0.15) is 0 Å².